The number of hydrogen-bond acceptors (Lipinski definition) is 3. The molecular weight excluding hydrogens is 340 g/mol. The molecule has 0 radical (unpaired) electrons. The van der Waals surface area contributed by atoms with Crippen molar-refractivity contribution in [3.63, 3.8) is 0 Å². The minimum Gasteiger partial charge on any atom is -0.496 e. The number of benzene rings is 1. The summed E-state index contributed by atoms with van der Waals surface area (Å²) < 4.78 is 6.59. The molecule has 2 bridgehead atoms. The summed E-state index contributed by atoms with van der Waals surface area (Å²) in [6, 6.07) is 7.69. The number of likely N-dealkylation sites (tertiary alicyclic amines) is 1. The molecule has 0 aliphatic carbocycles. The van der Waals surface area contributed by atoms with E-state index in [2.05, 4.69) is 32.2 Å². The van der Waals surface area contributed by atoms with Gasteiger partial charge >= 0.3 is 0 Å². The van der Waals surface area contributed by atoms with Crippen LogP contribution >= 0.6 is 28.3 Å². The molecule has 3 nitrogen and oxygen atoms in total. The fraction of sp³-hybridized carbons (Fsp3) is 0.600. The van der Waals surface area contributed by atoms with Gasteiger partial charge in [0.15, 0.2) is 0 Å². The monoisotopic (exact) mass is 360 g/mol. The molecule has 2 aliphatic heterocycles. The summed E-state index contributed by atoms with van der Waals surface area (Å²) in [5.74, 6) is 0.991. The average Bonchev–Trinajstić information content (AvgIpc) is 2.73. The Hall–Kier alpha value is -0.290. The summed E-state index contributed by atoms with van der Waals surface area (Å²) in [7, 11) is 1.75. The minimum atomic E-state index is 0. The zero-order chi connectivity index (χ0) is 13.2. The van der Waals surface area contributed by atoms with E-state index < -0.39 is 0 Å². The van der Waals surface area contributed by atoms with Gasteiger partial charge < -0.3 is 10.1 Å². The molecular formula is C15H22BrClN2O. The van der Waals surface area contributed by atoms with Crippen LogP contribution in [0.5, 0.6) is 5.75 Å². The van der Waals surface area contributed by atoms with Crippen molar-refractivity contribution in [1.82, 2.24) is 10.2 Å². The number of fused-ring (bicyclic) bond motifs is 2. The van der Waals surface area contributed by atoms with Crippen molar-refractivity contribution in [3.05, 3.63) is 28.2 Å². The second kappa shape index (κ2) is 7.12. The summed E-state index contributed by atoms with van der Waals surface area (Å²) in [6.07, 6.45) is 3.96. The molecule has 2 unspecified atom stereocenters. The van der Waals surface area contributed by atoms with E-state index in [9.17, 15) is 0 Å². The van der Waals surface area contributed by atoms with Crippen molar-refractivity contribution in [2.75, 3.05) is 20.2 Å². The lowest BCUT2D eigenvalue weighted by atomic mass is 10.1. The topological polar surface area (TPSA) is 24.5 Å². The van der Waals surface area contributed by atoms with Crippen molar-refractivity contribution in [2.24, 2.45) is 0 Å². The van der Waals surface area contributed by atoms with Crippen molar-refractivity contribution >= 4 is 28.3 Å². The molecule has 0 saturated carbocycles. The second-order valence-electron chi connectivity index (χ2n) is 5.62. The fourth-order valence-electron chi connectivity index (χ4n) is 3.27. The number of nitrogens with zero attached hydrogens (tertiary/aromatic N) is 1. The molecule has 0 amide bonds. The van der Waals surface area contributed by atoms with Gasteiger partial charge in [-0.2, -0.15) is 0 Å². The van der Waals surface area contributed by atoms with Gasteiger partial charge in [0, 0.05) is 41.8 Å². The molecule has 3 rings (SSSR count). The van der Waals surface area contributed by atoms with E-state index >= 15 is 0 Å². The van der Waals surface area contributed by atoms with Crippen LogP contribution in [0.2, 0.25) is 0 Å². The van der Waals surface area contributed by atoms with Crippen LogP contribution in [-0.4, -0.2) is 37.2 Å². The minimum absolute atomic E-state index is 0. The van der Waals surface area contributed by atoms with E-state index in [1.54, 1.807) is 7.11 Å². The Kier molecular flexibility index (Phi) is 5.73. The van der Waals surface area contributed by atoms with Gasteiger partial charge in [0.1, 0.15) is 5.75 Å². The lowest BCUT2D eigenvalue weighted by molar-refractivity contribution is 0.247. The SMILES string of the molecule is COc1ccc(Br)cc1CN1CCC2CCC(C1)N2.Cl. The standard InChI is InChI=1S/C15H21BrN2O.ClH/c1-19-15-5-2-12(16)8-11(15)9-18-7-6-13-3-4-14(10-18)17-13;/h2,5,8,13-14,17H,3-4,6-7,9-10H2,1H3;1H. The van der Waals surface area contributed by atoms with Crippen LogP contribution < -0.4 is 10.1 Å². The molecule has 2 fully saturated rings. The Morgan fingerprint density at radius 2 is 2.10 bits per heavy atom. The highest BCUT2D eigenvalue weighted by atomic mass is 79.9. The number of rotatable bonds is 3. The lowest BCUT2D eigenvalue weighted by Crippen LogP contribution is -2.35. The predicted octanol–water partition coefficient (Wildman–Crippen LogP) is 3.21. The third-order valence-corrected chi connectivity index (χ3v) is 4.74. The molecule has 112 valence electrons. The third kappa shape index (κ3) is 3.67. The summed E-state index contributed by atoms with van der Waals surface area (Å²) >= 11 is 3.55. The van der Waals surface area contributed by atoms with Crippen LogP contribution in [-0.2, 0) is 6.54 Å². The normalized spacial score (nSPS) is 25.9. The van der Waals surface area contributed by atoms with Crippen molar-refractivity contribution in [3.8, 4) is 5.75 Å². The molecule has 2 atom stereocenters. The molecule has 0 aromatic heterocycles. The average molecular weight is 362 g/mol. The largest absolute Gasteiger partial charge is 0.496 e. The van der Waals surface area contributed by atoms with Crippen molar-refractivity contribution in [2.45, 2.75) is 37.9 Å². The molecule has 2 saturated heterocycles. The number of nitrogens with one attached hydrogen (secondary N) is 1. The van der Waals surface area contributed by atoms with Crippen molar-refractivity contribution < 1.29 is 4.74 Å². The second-order valence-corrected chi connectivity index (χ2v) is 6.53. The molecule has 2 aliphatic rings. The van der Waals surface area contributed by atoms with E-state index in [0.717, 1.165) is 29.4 Å². The van der Waals surface area contributed by atoms with Gasteiger partial charge in [0.05, 0.1) is 7.11 Å². The van der Waals surface area contributed by atoms with E-state index in [1.165, 1.54) is 31.4 Å². The Morgan fingerprint density at radius 3 is 2.90 bits per heavy atom. The Bertz CT molecular complexity index is 457. The third-order valence-electron chi connectivity index (χ3n) is 4.24. The number of halogens is 2. The highest BCUT2D eigenvalue weighted by Gasteiger charge is 2.29. The maximum Gasteiger partial charge on any atom is 0.123 e. The first kappa shape index (κ1) is 16.1. The molecule has 1 aromatic carbocycles. The van der Waals surface area contributed by atoms with Crippen LogP contribution in [0.25, 0.3) is 0 Å². The summed E-state index contributed by atoms with van der Waals surface area (Å²) in [6.45, 7) is 3.32. The fourth-order valence-corrected chi connectivity index (χ4v) is 3.68. The predicted molar refractivity (Wildman–Crippen MR) is 87.8 cm³/mol. The van der Waals surface area contributed by atoms with E-state index in [0.29, 0.717) is 6.04 Å². The van der Waals surface area contributed by atoms with Gasteiger partial charge in [-0.05, 0) is 37.5 Å². The summed E-state index contributed by atoms with van der Waals surface area (Å²) in [4.78, 5) is 2.56. The first-order valence-corrected chi connectivity index (χ1v) is 7.84. The first-order chi connectivity index (χ1) is 9.24. The Labute approximate surface area is 135 Å². The van der Waals surface area contributed by atoms with Gasteiger partial charge in [-0.25, -0.2) is 0 Å². The molecule has 2 heterocycles. The van der Waals surface area contributed by atoms with E-state index in [4.69, 9.17) is 4.74 Å². The first-order valence-electron chi connectivity index (χ1n) is 7.05. The lowest BCUT2D eigenvalue weighted by Gasteiger charge is -2.24. The Morgan fingerprint density at radius 1 is 1.30 bits per heavy atom. The van der Waals surface area contributed by atoms with Gasteiger partial charge in [-0.15, -0.1) is 12.4 Å². The zero-order valence-electron chi connectivity index (χ0n) is 11.8. The quantitative estimate of drug-likeness (QED) is 0.895. The molecule has 1 N–H and O–H groups in total. The van der Waals surface area contributed by atoms with Gasteiger partial charge in [0.2, 0.25) is 0 Å². The van der Waals surface area contributed by atoms with Crippen LogP contribution in [0.3, 0.4) is 0 Å². The van der Waals surface area contributed by atoms with Gasteiger partial charge in [0.25, 0.3) is 0 Å². The van der Waals surface area contributed by atoms with Crippen LogP contribution in [0.15, 0.2) is 22.7 Å². The molecule has 20 heavy (non-hydrogen) atoms. The van der Waals surface area contributed by atoms with E-state index in [-0.39, 0.29) is 12.4 Å². The molecule has 1 aromatic rings. The molecule has 0 spiro atoms. The van der Waals surface area contributed by atoms with Crippen LogP contribution in [0, 0.1) is 0 Å². The number of ether oxygens (including phenoxy) is 1. The van der Waals surface area contributed by atoms with Crippen molar-refractivity contribution in [1.29, 1.82) is 0 Å². The highest BCUT2D eigenvalue weighted by molar-refractivity contribution is 9.10. The van der Waals surface area contributed by atoms with Crippen LogP contribution in [0.1, 0.15) is 24.8 Å². The van der Waals surface area contributed by atoms with Gasteiger partial charge in [-0.3, -0.25) is 4.90 Å². The maximum absolute atomic E-state index is 5.47. The molecule has 5 heteroatoms. The van der Waals surface area contributed by atoms with Crippen LogP contribution in [0.4, 0.5) is 0 Å². The highest BCUT2D eigenvalue weighted by Crippen LogP contribution is 2.26. The summed E-state index contributed by atoms with van der Waals surface area (Å²) in [5.41, 5.74) is 1.27. The number of methoxy groups -OCH3 is 1. The smallest absolute Gasteiger partial charge is 0.123 e. The number of hydrogen-bond donors (Lipinski definition) is 1. The Balaban J connectivity index is 0.00000147. The van der Waals surface area contributed by atoms with E-state index in [1.807, 2.05) is 12.1 Å². The zero-order valence-corrected chi connectivity index (χ0v) is 14.2. The summed E-state index contributed by atoms with van der Waals surface area (Å²) in [5, 5.41) is 3.73. The van der Waals surface area contributed by atoms with Gasteiger partial charge in [-0.1, -0.05) is 15.9 Å². The maximum atomic E-state index is 5.47.